The molecule has 1 amide bonds. The number of nitrogens with zero attached hydrogens (tertiary/aromatic N) is 4. The van der Waals surface area contributed by atoms with E-state index in [0.29, 0.717) is 18.8 Å². The zero-order chi connectivity index (χ0) is 24.1. The van der Waals surface area contributed by atoms with Crippen molar-refractivity contribution in [2.45, 2.75) is 25.9 Å². The van der Waals surface area contributed by atoms with Crippen molar-refractivity contribution in [3.05, 3.63) is 83.0 Å². The predicted molar refractivity (Wildman–Crippen MR) is 124 cm³/mol. The van der Waals surface area contributed by atoms with E-state index in [0.717, 1.165) is 55.0 Å². The quantitative estimate of drug-likeness (QED) is 0.575. The average molecular weight is 468 g/mol. The molecule has 1 N–H and O–H groups in total. The van der Waals surface area contributed by atoms with Crippen LogP contribution in [0.4, 0.5) is 8.78 Å². The number of methoxy groups -OCH3 is 1. The lowest BCUT2D eigenvalue weighted by atomic mass is 10.1. The van der Waals surface area contributed by atoms with Crippen LogP contribution in [0.1, 0.15) is 40.5 Å². The monoisotopic (exact) mass is 467 g/mol. The van der Waals surface area contributed by atoms with Gasteiger partial charge in [-0.25, -0.2) is 8.78 Å². The summed E-state index contributed by atoms with van der Waals surface area (Å²) in [6, 6.07) is 10.1. The van der Waals surface area contributed by atoms with Gasteiger partial charge >= 0.3 is 0 Å². The summed E-state index contributed by atoms with van der Waals surface area (Å²) >= 11 is 0. The molecule has 1 aliphatic rings. The molecule has 178 valence electrons. The minimum Gasteiger partial charge on any atom is -0.496 e. The van der Waals surface area contributed by atoms with Crippen LogP contribution in [0.3, 0.4) is 0 Å². The summed E-state index contributed by atoms with van der Waals surface area (Å²) in [5.74, 6) is 0.118. The van der Waals surface area contributed by atoms with Crippen LogP contribution in [-0.2, 0) is 13.0 Å². The molecular weight excluding hydrogens is 440 g/mol. The Labute approximate surface area is 197 Å². The molecule has 1 aromatic heterocycles. The molecule has 0 radical (unpaired) electrons. The van der Waals surface area contributed by atoms with Gasteiger partial charge in [0.2, 0.25) is 0 Å². The van der Waals surface area contributed by atoms with Crippen LogP contribution in [0.5, 0.6) is 5.75 Å². The fourth-order valence-corrected chi connectivity index (χ4v) is 4.04. The number of fused-ring (bicyclic) bond motifs is 1. The van der Waals surface area contributed by atoms with Gasteiger partial charge in [0.25, 0.3) is 5.91 Å². The van der Waals surface area contributed by atoms with Gasteiger partial charge in [0, 0.05) is 38.2 Å². The van der Waals surface area contributed by atoms with Gasteiger partial charge in [-0.3, -0.25) is 9.69 Å². The number of para-hydroxylation sites is 1. The third kappa shape index (κ3) is 5.31. The van der Waals surface area contributed by atoms with E-state index in [1.54, 1.807) is 14.0 Å². The number of halogens is 2. The number of aromatic nitrogens is 3. The predicted octanol–water partition coefficient (Wildman–Crippen LogP) is 3.63. The Kier molecular flexibility index (Phi) is 7.32. The summed E-state index contributed by atoms with van der Waals surface area (Å²) in [4.78, 5) is 14.8. The van der Waals surface area contributed by atoms with Gasteiger partial charge in [-0.2, -0.15) is 0 Å². The summed E-state index contributed by atoms with van der Waals surface area (Å²) in [6.45, 7) is 4.80. The van der Waals surface area contributed by atoms with Gasteiger partial charge in [0.1, 0.15) is 23.2 Å². The Morgan fingerprint density at radius 1 is 1.18 bits per heavy atom. The van der Waals surface area contributed by atoms with E-state index in [9.17, 15) is 13.6 Å². The second-order valence-corrected chi connectivity index (χ2v) is 8.14. The zero-order valence-corrected chi connectivity index (χ0v) is 19.2. The normalized spacial score (nSPS) is 15.1. The number of amides is 1. The Morgan fingerprint density at radius 3 is 2.82 bits per heavy atom. The van der Waals surface area contributed by atoms with Crippen LogP contribution in [0.25, 0.3) is 6.08 Å². The third-order valence-electron chi connectivity index (χ3n) is 5.86. The van der Waals surface area contributed by atoms with Crippen LogP contribution < -0.4 is 10.1 Å². The number of carbonyl (C=O) groups excluding carboxylic acids is 1. The zero-order valence-electron chi connectivity index (χ0n) is 19.2. The van der Waals surface area contributed by atoms with E-state index in [1.165, 1.54) is 0 Å². The first kappa shape index (κ1) is 23.6. The first-order valence-corrected chi connectivity index (χ1v) is 11.2. The molecule has 9 heteroatoms. The molecule has 1 aliphatic heterocycles. The van der Waals surface area contributed by atoms with Crippen LogP contribution in [-0.4, -0.2) is 52.3 Å². The highest BCUT2D eigenvalue weighted by Gasteiger charge is 2.23. The topological polar surface area (TPSA) is 72.3 Å². The van der Waals surface area contributed by atoms with Crippen LogP contribution in [0, 0.1) is 11.6 Å². The number of hydrogen-bond donors (Lipinski definition) is 1. The maximum Gasteiger partial charge on any atom is 0.254 e. The number of ether oxygens (including phenoxy) is 1. The highest BCUT2D eigenvalue weighted by atomic mass is 19.1. The molecule has 4 rings (SSSR count). The van der Waals surface area contributed by atoms with Crippen LogP contribution >= 0.6 is 0 Å². The van der Waals surface area contributed by atoms with Gasteiger partial charge in [-0.15, -0.1) is 10.2 Å². The van der Waals surface area contributed by atoms with E-state index in [1.807, 2.05) is 28.8 Å². The van der Waals surface area contributed by atoms with Crippen LogP contribution in [0.2, 0.25) is 0 Å². The average Bonchev–Trinajstić information content (AvgIpc) is 3.14. The second-order valence-electron chi connectivity index (χ2n) is 8.14. The van der Waals surface area contributed by atoms with Crippen molar-refractivity contribution in [3.63, 3.8) is 0 Å². The van der Waals surface area contributed by atoms with Crippen molar-refractivity contribution < 1.29 is 18.3 Å². The molecule has 0 spiro atoms. The lowest BCUT2D eigenvalue weighted by Crippen LogP contribution is -2.31. The number of rotatable bonds is 7. The maximum absolute atomic E-state index is 14.0. The second kappa shape index (κ2) is 10.6. The highest BCUT2D eigenvalue weighted by Crippen LogP contribution is 2.20. The minimum absolute atomic E-state index is 0.338. The molecule has 1 atom stereocenters. The molecule has 0 aliphatic carbocycles. The number of benzene rings is 2. The Balaban J connectivity index is 1.38. The summed E-state index contributed by atoms with van der Waals surface area (Å²) in [6.07, 6.45) is 4.88. The maximum atomic E-state index is 14.0. The van der Waals surface area contributed by atoms with Gasteiger partial charge in [-0.05, 0) is 31.2 Å². The fourth-order valence-electron chi connectivity index (χ4n) is 4.04. The molecule has 0 saturated carbocycles. The summed E-state index contributed by atoms with van der Waals surface area (Å²) in [5, 5.41) is 11.3. The molecule has 7 nitrogen and oxygen atoms in total. The first-order chi connectivity index (χ1) is 16.5. The highest BCUT2D eigenvalue weighted by molar-refractivity contribution is 5.94. The molecule has 2 heterocycles. The Morgan fingerprint density at radius 2 is 2.00 bits per heavy atom. The lowest BCUT2D eigenvalue weighted by molar-refractivity contribution is 0.0933. The molecule has 0 bridgehead atoms. The van der Waals surface area contributed by atoms with E-state index >= 15 is 0 Å². The Hall–Kier alpha value is -3.59. The smallest absolute Gasteiger partial charge is 0.254 e. The number of nitrogens with one attached hydrogen (secondary N) is 1. The van der Waals surface area contributed by atoms with E-state index in [2.05, 4.69) is 32.6 Å². The standard InChI is InChI=1S/C25H27F2N5O2/c1-17(28-25(33)20-16-19(26)9-10-21(20)27)24-30-29-23-11-13-31(14-15-32(23)24)12-5-7-18-6-3-4-8-22(18)34-2/h3-10,16-17H,11-15H2,1-2H3,(H,28,33). The van der Waals surface area contributed by atoms with Gasteiger partial charge in [-0.1, -0.05) is 30.4 Å². The summed E-state index contributed by atoms with van der Waals surface area (Å²) in [7, 11) is 1.66. The molecule has 0 saturated heterocycles. The molecule has 3 aromatic rings. The lowest BCUT2D eigenvalue weighted by Gasteiger charge is -2.18. The molecule has 0 fully saturated rings. The molecule has 34 heavy (non-hydrogen) atoms. The van der Waals surface area contributed by atoms with Crippen molar-refractivity contribution in [1.29, 1.82) is 0 Å². The van der Waals surface area contributed by atoms with E-state index < -0.39 is 23.6 Å². The third-order valence-corrected chi connectivity index (χ3v) is 5.86. The van der Waals surface area contributed by atoms with Gasteiger partial charge < -0.3 is 14.6 Å². The Bertz CT molecular complexity index is 1190. The SMILES string of the molecule is COc1ccccc1C=CCN1CCc2nnc(C(C)NC(=O)c3cc(F)ccc3F)n2CC1. The first-order valence-electron chi connectivity index (χ1n) is 11.2. The summed E-state index contributed by atoms with van der Waals surface area (Å²) in [5.41, 5.74) is 0.689. The van der Waals surface area contributed by atoms with Gasteiger partial charge in [0.15, 0.2) is 5.82 Å². The van der Waals surface area contributed by atoms with Crippen molar-refractivity contribution in [2.24, 2.45) is 0 Å². The van der Waals surface area contributed by atoms with Crippen LogP contribution in [0.15, 0.2) is 48.5 Å². The fraction of sp³-hybridized carbons (Fsp3) is 0.320. The number of carbonyl (C=O) groups is 1. The molecule has 2 aromatic carbocycles. The van der Waals surface area contributed by atoms with Crippen molar-refractivity contribution in [1.82, 2.24) is 25.0 Å². The van der Waals surface area contributed by atoms with Gasteiger partial charge in [0.05, 0.1) is 18.7 Å². The van der Waals surface area contributed by atoms with E-state index in [-0.39, 0.29) is 5.56 Å². The largest absolute Gasteiger partial charge is 0.496 e. The number of hydrogen-bond acceptors (Lipinski definition) is 5. The molecular formula is C25H27F2N5O2. The minimum atomic E-state index is -0.775. The van der Waals surface area contributed by atoms with Crippen molar-refractivity contribution in [2.75, 3.05) is 26.7 Å². The van der Waals surface area contributed by atoms with Crippen molar-refractivity contribution in [3.8, 4) is 5.75 Å². The summed E-state index contributed by atoms with van der Waals surface area (Å²) < 4.78 is 34.8. The van der Waals surface area contributed by atoms with E-state index in [4.69, 9.17) is 4.74 Å². The molecule has 1 unspecified atom stereocenters. The van der Waals surface area contributed by atoms with Crippen molar-refractivity contribution >= 4 is 12.0 Å².